The van der Waals surface area contributed by atoms with Gasteiger partial charge in [0.2, 0.25) is 0 Å². The molecule has 0 aliphatic carbocycles. The van der Waals surface area contributed by atoms with Crippen LogP contribution >= 0.6 is 0 Å². The molecule has 0 heterocycles. The molecule has 0 saturated carbocycles. The van der Waals surface area contributed by atoms with Crippen molar-refractivity contribution in [2.75, 3.05) is 0 Å². The highest BCUT2D eigenvalue weighted by Crippen LogP contribution is 2.22. The molecule has 9 heavy (non-hydrogen) atoms. The average Bonchev–Trinajstić information content (AvgIpc) is 1.65. The largest absolute Gasteiger partial charge is 0.301 e. The summed E-state index contributed by atoms with van der Waals surface area (Å²) >= 11 is 0. The van der Waals surface area contributed by atoms with Gasteiger partial charge in [-0.3, -0.25) is 0 Å². The van der Waals surface area contributed by atoms with E-state index >= 15 is 0 Å². The Morgan fingerprint density at radius 2 is 1.89 bits per heavy atom. The van der Waals surface area contributed by atoms with Gasteiger partial charge in [-0.1, -0.05) is 27.7 Å². The zero-order chi connectivity index (χ0) is 7.49. The summed E-state index contributed by atoms with van der Waals surface area (Å²) in [5, 5.41) is 0. The van der Waals surface area contributed by atoms with E-state index in [1.165, 1.54) is 0 Å². The number of hydrogen-bond donors (Lipinski definition) is 1. The molecule has 0 rings (SSSR count). The summed E-state index contributed by atoms with van der Waals surface area (Å²) in [7, 11) is 0. The Kier molecular flexibility index (Phi) is 3.15. The molecule has 0 aliphatic rings. The maximum absolute atomic E-state index is 5.07. The molecule has 0 amide bonds. The van der Waals surface area contributed by atoms with Crippen LogP contribution in [-0.2, 0) is 4.84 Å². The fraction of sp³-hybridized carbons (Fsp3) is 1.00. The average molecular weight is 131 g/mol. The molecule has 0 aromatic heterocycles. The summed E-state index contributed by atoms with van der Waals surface area (Å²) in [5.74, 6) is 5.07. The lowest BCUT2D eigenvalue weighted by Gasteiger charge is -2.27. The second-order valence-electron chi connectivity index (χ2n) is 3.40. The van der Waals surface area contributed by atoms with Gasteiger partial charge in [0.1, 0.15) is 0 Å². The molecule has 2 heteroatoms. The first-order valence-electron chi connectivity index (χ1n) is 3.38. The lowest BCUT2D eigenvalue weighted by molar-refractivity contribution is -0.0212. The van der Waals surface area contributed by atoms with Crippen LogP contribution in [0.4, 0.5) is 0 Å². The van der Waals surface area contributed by atoms with E-state index in [1.54, 1.807) is 0 Å². The van der Waals surface area contributed by atoms with E-state index in [-0.39, 0.29) is 11.5 Å². The van der Waals surface area contributed by atoms with E-state index < -0.39 is 0 Å². The van der Waals surface area contributed by atoms with E-state index in [9.17, 15) is 0 Å². The quantitative estimate of drug-likeness (QED) is 0.579. The van der Waals surface area contributed by atoms with Gasteiger partial charge in [0.25, 0.3) is 0 Å². The molecule has 2 nitrogen and oxygen atoms in total. The van der Waals surface area contributed by atoms with Crippen molar-refractivity contribution in [2.24, 2.45) is 11.3 Å². The van der Waals surface area contributed by atoms with E-state index in [0.717, 1.165) is 6.42 Å². The van der Waals surface area contributed by atoms with E-state index in [2.05, 4.69) is 27.7 Å². The topological polar surface area (TPSA) is 35.2 Å². The molecular formula is C7H17NO. The van der Waals surface area contributed by atoms with Crippen molar-refractivity contribution in [2.45, 2.75) is 40.2 Å². The van der Waals surface area contributed by atoms with Crippen LogP contribution < -0.4 is 5.90 Å². The minimum absolute atomic E-state index is 0.170. The van der Waals surface area contributed by atoms with Gasteiger partial charge >= 0.3 is 0 Å². The van der Waals surface area contributed by atoms with Crippen LogP contribution in [0.5, 0.6) is 0 Å². The summed E-state index contributed by atoms with van der Waals surface area (Å²) in [6.45, 7) is 8.43. The van der Waals surface area contributed by atoms with Crippen LogP contribution in [0, 0.1) is 5.41 Å². The third-order valence-corrected chi connectivity index (χ3v) is 1.50. The normalized spacial score (nSPS) is 15.7. The van der Waals surface area contributed by atoms with Gasteiger partial charge in [0.05, 0.1) is 6.10 Å². The first-order chi connectivity index (χ1) is 4.02. The predicted molar refractivity (Wildman–Crippen MR) is 38.8 cm³/mol. The van der Waals surface area contributed by atoms with Gasteiger partial charge in [-0.25, -0.2) is 5.90 Å². The molecule has 1 unspecified atom stereocenters. The van der Waals surface area contributed by atoms with Gasteiger partial charge in [-0.05, 0) is 11.8 Å². The van der Waals surface area contributed by atoms with E-state index in [4.69, 9.17) is 10.7 Å². The van der Waals surface area contributed by atoms with Crippen molar-refractivity contribution in [1.82, 2.24) is 0 Å². The van der Waals surface area contributed by atoms with Crippen LogP contribution in [0.3, 0.4) is 0 Å². The third-order valence-electron chi connectivity index (χ3n) is 1.50. The molecule has 0 spiro atoms. The Balaban J connectivity index is 3.79. The second-order valence-corrected chi connectivity index (χ2v) is 3.40. The van der Waals surface area contributed by atoms with Gasteiger partial charge in [-0.2, -0.15) is 0 Å². The predicted octanol–water partition coefficient (Wildman–Crippen LogP) is 1.70. The Hall–Kier alpha value is -0.0800. The van der Waals surface area contributed by atoms with Gasteiger partial charge in [0.15, 0.2) is 0 Å². The summed E-state index contributed by atoms with van der Waals surface area (Å²) in [6, 6.07) is 0. The molecule has 0 bridgehead atoms. The zero-order valence-corrected chi connectivity index (χ0v) is 6.77. The van der Waals surface area contributed by atoms with Crippen molar-refractivity contribution in [3.05, 3.63) is 0 Å². The van der Waals surface area contributed by atoms with Crippen molar-refractivity contribution in [3.8, 4) is 0 Å². The molecule has 2 N–H and O–H groups in total. The highest BCUT2D eigenvalue weighted by Gasteiger charge is 2.22. The summed E-state index contributed by atoms with van der Waals surface area (Å²) in [4.78, 5) is 4.76. The van der Waals surface area contributed by atoms with Crippen LogP contribution in [0.15, 0.2) is 0 Å². The fourth-order valence-corrected chi connectivity index (χ4v) is 0.913. The highest BCUT2D eigenvalue weighted by molar-refractivity contribution is 4.71. The first-order valence-corrected chi connectivity index (χ1v) is 3.38. The van der Waals surface area contributed by atoms with Gasteiger partial charge < -0.3 is 4.84 Å². The minimum Gasteiger partial charge on any atom is -0.301 e. The minimum atomic E-state index is 0.170. The van der Waals surface area contributed by atoms with Crippen molar-refractivity contribution >= 4 is 0 Å². The monoisotopic (exact) mass is 131 g/mol. The Bertz CT molecular complexity index is 71.5. The number of hydrogen-bond acceptors (Lipinski definition) is 2. The molecule has 0 aliphatic heterocycles. The summed E-state index contributed by atoms with van der Waals surface area (Å²) < 4.78 is 0. The van der Waals surface area contributed by atoms with Crippen LogP contribution in [-0.4, -0.2) is 6.10 Å². The first kappa shape index (κ1) is 8.92. The maximum Gasteiger partial charge on any atom is 0.0832 e. The Labute approximate surface area is 57.3 Å². The van der Waals surface area contributed by atoms with Gasteiger partial charge in [-0.15, -0.1) is 0 Å². The molecule has 0 aromatic rings. The standard InChI is InChI=1S/C7H17NO/c1-5-6(9-8)7(2,3)4/h6H,5,8H2,1-4H3. The smallest absolute Gasteiger partial charge is 0.0832 e. The van der Waals surface area contributed by atoms with Crippen LogP contribution in [0.1, 0.15) is 34.1 Å². The van der Waals surface area contributed by atoms with E-state index in [0.29, 0.717) is 0 Å². The Morgan fingerprint density at radius 1 is 1.44 bits per heavy atom. The molecule has 0 aromatic carbocycles. The van der Waals surface area contributed by atoms with Crippen LogP contribution in [0.25, 0.3) is 0 Å². The summed E-state index contributed by atoms with van der Waals surface area (Å²) in [6.07, 6.45) is 1.15. The lowest BCUT2D eigenvalue weighted by atomic mass is 9.88. The molecule has 0 fully saturated rings. The van der Waals surface area contributed by atoms with E-state index in [1.807, 2.05) is 0 Å². The Morgan fingerprint density at radius 3 is 1.89 bits per heavy atom. The fourth-order valence-electron chi connectivity index (χ4n) is 0.913. The van der Waals surface area contributed by atoms with Crippen molar-refractivity contribution in [3.63, 3.8) is 0 Å². The molecule has 56 valence electrons. The number of nitrogens with two attached hydrogens (primary N) is 1. The molecular weight excluding hydrogens is 114 g/mol. The van der Waals surface area contributed by atoms with Gasteiger partial charge in [0, 0.05) is 0 Å². The number of rotatable bonds is 2. The van der Waals surface area contributed by atoms with Crippen molar-refractivity contribution in [1.29, 1.82) is 0 Å². The molecule has 1 atom stereocenters. The SMILES string of the molecule is CCC(ON)C(C)(C)C. The summed E-state index contributed by atoms with van der Waals surface area (Å²) in [5.41, 5.74) is 0.170. The van der Waals surface area contributed by atoms with Crippen LogP contribution in [0.2, 0.25) is 0 Å². The van der Waals surface area contributed by atoms with Crippen molar-refractivity contribution < 1.29 is 4.84 Å². The maximum atomic E-state index is 5.07. The highest BCUT2D eigenvalue weighted by atomic mass is 16.6. The zero-order valence-electron chi connectivity index (χ0n) is 6.77. The third kappa shape index (κ3) is 2.82. The molecule has 0 saturated heterocycles. The second kappa shape index (κ2) is 3.18. The lowest BCUT2D eigenvalue weighted by Crippen LogP contribution is -2.30. The molecule has 0 radical (unpaired) electrons.